The summed E-state index contributed by atoms with van der Waals surface area (Å²) >= 11 is 2.27. The van der Waals surface area contributed by atoms with Gasteiger partial charge in [-0.1, -0.05) is 17.8 Å². The van der Waals surface area contributed by atoms with Crippen molar-refractivity contribution < 1.29 is 18.0 Å². The number of nitrogens with zero attached hydrogens (tertiary/aromatic N) is 3. The summed E-state index contributed by atoms with van der Waals surface area (Å²) in [6, 6.07) is 4.71. The zero-order valence-electron chi connectivity index (χ0n) is 15.0. The summed E-state index contributed by atoms with van der Waals surface area (Å²) in [4.78, 5) is 23.0. The molecule has 27 heavy (non-hydrogen) atoms. The molecule has 0 radical (unpaired) electrons. The van der Waals surface area contributed by atoms with E-state index in [9.17, 15) is 18.0 Å². The summed E-state index contributed by atoms with van der Waals surface area (Å²) in [5.74, 6) is -0.0572. The van der Waals surface area contributed by atoms with Crippen molar-refractivity contribution in [3.8, 4) is 10.6 Å². The highest BCUT2D eigenvalue weighted by Crippen LogP contribution is 2.33. The largest absolute Gasteiger partial charge is 0.433 e. The Labute approximate surface area is 164 Å². The number of amides is 1. The summed E-state index contributed by atoms with van der Waals surface area (Å²) in [5.41, 5.74) is -0.766. The zero-order valence-corrected chi connectivity index (χ0v) is 16.6. The maximum Gasteiger partial charge on any atom is 0.433 e. The van der Waals surface area contributed by atoms with Gasteiger partial charge in [-0.3, -0.25) is 4.79 Å². The smallest absolute Gasteiger partial charge is 0.337 e. The molecule has 0 bridgehead atoms. The number of carbonyl (C=O) groups is 1. The maximum atomic E-state index is 13.2. The highest BCUT2D eigenvalue weighted by Gasteiger charge is 2.34. The summed E-state index contributed by atoms with van der Waals surface area (Å²) in [5, 5.41) is 1.75. The third-order valence-corrected chi connectivity index (χ3v) is 6.30. The monoisotopic (exact) mass is 415 g/mol. The quantitative estimate of drug-likeness (QED) is 0.515. The van der Waals surface area contributed by atoms with Gasteiger partial charge < -0.3 is 4.90 Å². The van der Waals surface area contributed by atoms with Crippen molar-refractivity contribution in [1.29, 1.82) is 0 Å². The topological polar surface area (TPSA) is 46.1 Å². The van der Waals surface area contributed by atoms with Crippen molar-refractivity contribution in [1.82, 2.24) is 14.9 Å². The van der Waals surface area contributed by atoms with E-state index in [4.69, 9.17) is 0 Å². The highest BCUT2D eigenvalue weighted by atomic mass is 32.2. The SMILES string of the molecule is C[C@H]1CCC[C@H](C)N1C(=O)CSc1nc(-c2cccs2)cc(C(F)(F)F)n1. The minimum absolute atomic E-state index is 0.0276. The second-order valence-corrected chi connectivity index (χ2v) is 8.50. The molecular formula is C18H20F3N3OS2. The molecular weight excluding hydrogens is 395 g/mol. The number of rotatable bonds is 4. The predicted octanol–water partition coefficient (Wildman–Crippen LogP) is 5.11. The lowest BCUT2D eigenvalue weighted by atomic mass is 9.98. The lowest BCUT2D eigenvalue weighted by Gasteiger charge is -2.39. The van der Waals surface area contributed by atoms with Gasteiger partial charge in [0.15, 0.2) is 5.16 Å². The molecule has 3 rings (SSSR count). The highest BCUT2D eigenvalue weighted by molar-refractivity contribution is 7.99. The number of aromatic nitrogens is 2. The first-order valence-corrected chi connectivity index (χ1v) is 10.6. The number of carbonyl (C=O) groups excluding carboxylic acids is 1. The molecule has 146 valence electrons. The minimum atomic E-state index is -4.57. The van der Waals surface area contributed by atoms with Crippen LogP contribution in [0, 0.1) is 0 Å². The fraction of sp³-hybridized carbons (Fsp3) is 0.500. The molecule has 1 aliphatic heterocycles. The number of alkyl halides is 3. The van der Waals surface area contributed by atoms with E-state index in [1.165, 1.54) is 11.3 Å². The molecule has 3 heterocycles. The fourth-order valence-electron chi connectivity index (χ4n) is 3.30. The number of thioether (sulfide) groups is 1. The van der Waals surface area contributed by atoms with Crippen molar-refractivity contribution >= 4 is 29.0 Å². The lowest BCUT2D eigenvalue weighted by Crippen LogP contribution is -2.48. The first kappa shape index (κ1) is 20.1. The summed E-state index contributed by atoms with van der Waals surface area (Å²) < 4.78 is 39.6. The Hall–Kier alpha value is -1.61. The number of hydrogen-bond acceptors (Lipinski definition) is 5. The molecule has 1 aliphatic rings. The predicted molar refractivity (Wildman–Crippen MR) is 101 cm³/mol. The zero-order chi connectivity index (χ0) is 19.6. The molecule has 0 aliphatic carbocycles. The van der Waals surface area contributed by atoms with E-state index in [0.29, 0.717) is 4.88 Å². The Kier molecular flexibility index (Phi) is 6.10. The molecule has 9 heteroatoms. The average molecular weight is 416 g/mol. The van der Waals surface area contributed by atoms with Crippen LogP contribution in [0.15, 0.2) is 28.7 Å². The molecule has 0 aromatic carbocycles. The third-order valence-electron chi connectivity index (χ3n) is 4.58. The first-order valence-electron chi connectivity index (χ1n) is 8.70. The van der Waals surface area contributed by atoms with Crippen LogP contribution in [0.4, 0.5) is 13.2 Å². The molecule has 4 nitrogen and oxygen atoms in total. The number of likely N-dealkylation sites (tertiary alicyclic amines) is 1. The second-order valence-electron chi connectivity index (χ2n) is 6.61. The molecule has 0 N–H and O–H groups in total. The summed E-state index contributed by atoms with van der Waals surface area (Å²) in [6.07, 6.45) is -1.59. The Morgan fingerprint density at radius 1 is 1.30 bits per heavy atom. The maximum absolute atomic E-state index is 13.2. The number of hydrogen-bond donors (Lipinski definition) is 0. The van der Waals surface area contributed by atoms with Crippen molar-refractivity contribution in [2.75, 3.05) is 5.75 Å². The van der Waals surface area contributed by atoms with Crippen LogP contribution in [0.1, 0.15) is 38.8 Å². The lowest BCUT2D eigenvalue weighted by molar-refractivity contribution is -0.141. The molecule has 1 saturated heterocycles. The first-order chi connectivity index (χ1) is 12.8. The van der Waals surface area contributed by atoms with Crippen LogP contribution >= 0.6 is 23.1 Å². The van der Waals surface area contributed by atoms with E-state index in [2.05, 4.69) is 9.97 Å². The molecule has 2 aromatic heterocycles. The van der Waals surface area contributed by atoms with Gasteiger partial charge in [-0.25, -0.2) is 9.97 Å². The Morgan fingerprint density at radius 2 is 2.00 bits per heavy atom. The average Bonchev–Trinajstić information content (AvgIpc) is 3.13. The van der Waals surface area contributed by atoms with Gasteiger partial charge in [0.25, 0.3) is 0 Å². The van der Waals surface area contributed by atoms with Gasteiger partial charge in [0.2, 0.25) is 5.91 Å². The van der Waals surface area contributed by atoms with Gasteiger partial charge >= 0.3 is 6.18 Å². The fourth-order valence-corrected chi connectivity index (χ4v) is 4.71. The standard InChI is InChI=1S/C18H20F3N3OS2/c1-11-5-3-6-12(2)24(11)16(25)10-27-17-22-13(14-7-4-8-26-14)9-15(23-17)18(19,20)21/h4,7-9,11-12H,3,5-6,10H2,1-2H3/t11-,12-/m0/s1. The van der Waals surface area contributed by atoms with Gasteiger partial charge in [0.1, 0.15) is 5.69 Å². The van der Waals surface area contributed by atoms with E-state index in [1.54, 1.807) is 17.5 Å². The Bertz CT molecular complexity index is 786. The Morgan fingerprint density at radius 3 is 2.59 bits per heavy atom. The van der Waals surface area contributed by atoms with E-state index in [0.717, 1.165) is 37.1 Å². The van der Waals surface area contributed by atoms with Crippen molar-refractivity contribution in [3.05, 3.63) is 29.3 Å². The van der Waals surface area contributed by atoms with Crippen LogP contribution in [-0.4, -0.2) is 38.6 Å². The van der Waals surface area contributed by atoms with Gasteiger partial charge in [-0.2, -0.15) is 13.2 Å². The van der Waals surface area contributed by atoms with Gasteiger partial charge in [0.05, 0.1) is 16.3 Å². The van der Waals surface area contributed by atoms with Crippen molar-refractivity contribution in [2.45, 2.75) is 56.5 Å². The van der Waals surface area contributed by atoms with Gasteiger partial charge in [-0.15, -0.1) is 11.3 Å². The van der Waals surface area contributed by atoms with Crippen LogP contribution in [0.3, 0.4) is 0 Å². The normalized spacial score (nSPS) is 20.7. The molecule has 2 aromatic rings. The minimum Gasteiger partial charge on any atom is -0.337 e. The molecule has 1 amide bonds. The van der Waals surface area contributed by atoms with Crippen LogP contribution < -0.4 is 0 Å². The molecule has 0 saturated carbocycles. The van der Waals surface area contributed by atoms with Crippen molar-refractivity contribution in [3.63, 3.8) is 0 Å². The van der Waals surface area contributed by atoms with E-state index in [-0.39, 0.29) is 34.6 Å². The van der Waals surface area contributed by atoms with Crippen LogP contribution in [-0.2, 0) is 11.0 Å². The van der Waals surface area contributed by atoms with E-state index in [1.807, 2.05) is 18.7 Å². The number of thiophene rings is 1. The summed E-state index contributed by atoms with van der Waals surface area (Å²) in [6.45, 7) is 4.02. The van der Waals surface area contributed by atoms with Crippen molar-refractivity contribution in [2.24, 2.45) is 0 Å². The second kappa shape index (κ2) is 8.18. The summed E-state index contributed by atoms with van der Waals surface area (Å²) in [7, 11) is 0. The number of piperidine rings is 1. The van der Waals surface area contributed by atoms with Crippen LogP contribution in [0.5, 0.6) is 0 Å². The van der Waals surface area contributed by atoms with Gasteiger partial charge in [-0.05, 0) is 50.6 Å². The third kappa shape index (κ3) is 4.82. The molecule has 2 atom stereocenters. The molecule has 0 spiro atoms. The van der Waals surface area contributed by atoms with E-state index < -0.39 is 11.9 Å². The van der Waals surface area contributed by atoms with Gasteiger partial charge in [0, 0.05) is 12.1 Å². The van der Waals surface area contributed by atoms with Crippen LogP contribution in [0.2, 0.25) is 0 Å². The number of halogens is 3. The molecule has 0 unspecified atom stereocenters. The van der Waals surface area contributed by atoms with Crippen LogP contribution in [0.25, 0.3) is 10.6 Å². The molecule has 1 fully saturated rings. The Balaban J connectivity index is 1.79. The van der Waals surface area contributed by atoms with E-state index >= 15 is 0 Å².